The number of benzene rings is 2. The summed E-state index contributed by atoms with van der Waals surface area (Å²) in [6, 6.07) is 13.3. The predicted molar refractivity (Wildman–Crippen MR) is 93.0 cm³/mol. The smallest absolute Gasteiger partial charge is 0.255 e. The van der Waals surface area contributed by atoms with E-state index in [1.807, 2.05) is 48.7 Å². The standard InChI is InChI=1S/C14H11BrINOS/c1-19-11-5-2-9(3-6-11)14(18)17-10-4-7-13(16)12(15)8-10/h2-8H,1H3,(H,17,18). The summed E-state index contributed by atoms with van der Waals surface area (Å²) in [6.07, 6.45) is 2.01. The average Bonchev–Trinajstić information content (AvgIpc) is 2.43. The summed E-state index contributed by atoms with van der Waals surface area (Å²) < 4.78 is 2.09. The largest absolute Gasteiger partial charge is 0.322 e. The summed E-state index contributed by atoms with van der Waals surface area (Å²) in [7, 11) is 0. The zero-order valence-electron chi connectivity index (χ0n) is 10.1. The summed E-state index contributed by atoms with van der Waals surface area (Å²) in [4.78, 5) is 13.2. The topological polar surface area (TPSA) is 29.1 Å². The normalized spacial score (nSPS) is 10.3. The molecule has 2 aromatic rings. The number of anilines is 1. The van der Waals surface area contributed by atoms with E-state index in [-0.39, 0.29) is 5.91 Å². The highest BCUT2D eigenvalue weighted by molar-refractivity contribution is 14.1. The maximum atomic E-state index is 12.1. The van der Waals surface area contributed by atoms with Crippen LogP contribution in [0.3, 0.4) is 0 Å². The van der Waals surface area contributed by atoms with E-state index in [9.17, 15) is 4.79 Å². The van der Waals surface area contributed by atoms with Crippen LogP contribution in [0.25, 0.3) is 0 Å². The summed E-state index contributed by atoms with van der Waals surface area (Å²) >= 11 is 7.34. The van der Waals surface area contributed by atoms with Crippen LogP contribution in [0.5, 0.6) is 0 Å². The van der Waals surface area contributed by atoms with Gasteiger partial charge in [-0.05, 0) is 87.2 Å². The predicted octanol–water partition coefficient (Wildman–Crippen LogP) is 5.03. The van der Waals surface area contributed by atoms with Gasteiger partial charge in [-0.15, -0.1) is 11.8 Å². The molecule has 0 fully saturated rings. The molecule has 0 aliphatic heterocycles. The Morgan fingerprint density at radius 2 is 1.89 bits per heavy atom. The molecule has 1 N–H and O–H groups in total. The number of rotatable bonds is 3. The lowest BCUT2D eigenvalue weighted by Gasteiger charge is -2.07. The molecule has 19 heavy (non-hydrogen) atoms. The van der Waals surface area contributed by atoms with Gasteiger partial charge in [-0.3, -0.25) is 4.79 Å². The average molecular weight is 448 g/mol. The minimum atomic E-state index is -0.0965. The Hall–Kier alpha value is -0.530. The highest BCUT2D eigenvalue weighted by Crippen LogP contribution is 2.23. The van der Waals surface area contributed by atoms with Crippen molar-refractivity contribution in [2.24, 2.45) is 0 Å². The molecule has 0 heterocycles. The highest BCUT2D eigenvalue weighted by Gasteiger charge is 2.07. The Labute approximate surface area is 138 Å². The third-order valence-corrected chi connectivity index (χ3v) is 5.61. The Kier molecular flexibility index (Phi) is 5.29. The van der Waals surface area contributed by atoms with E-state index in [1.54, 1.807) is 11.8 Å². The van der Waals surface area contributed by atoms with Crippen molar-refractivity contribution >= 4 is 61.9 Å². The molecule has 98 valence electrons. The second-order valence-corrected chi connectivity index (χ2v) is 6.71. The maximum absolute atomic E-state index is 12.1. The summed E-state index contributed by atoms with van der Waals surface area (Å²) in [5, 5.41) is 2.88. The summed E-state index contributed by atoms with van der Waals surface area (Å²) in [5.41, 5.74) is 1.44. The number of halogens is 2. The first-order chi connectivity index (χ1) is 9.10. The molecule has 5 heteroatoms. The first-order valence-corrected chi connectivity index (χ1v) is 8.60. The van der Waals surface area contributed by atoms with Crippen LogP contribution >= 0.6 is 50.3 Å². The molecule has 0 unspecified atom stereocenters. The van der Waals surface area contributed by atoms with Gasteiger partial charge in [0.25, 0.3) is 5.91 Å². The van der Waals surface area contributed by atoms with Gasteiger partial charge >= 0.3 is 0 Å². The Bertz CT molecular complexity index is 601. The maximum Gasteiger partial charge on any atom is 0.255 e. The van der Waals surface area contributed by atoms with E-state index in [0.717, 1.165) is 18.6 Å². The minimum Gasteiger partial charge on any atom is -0.322 e. The molecule has 2 nitrogen and oxygen atoms in total. The van der Waals surface area contributed by atoms with Crippen molar-refractivity contribution in [3.63, 3.8) is 0 Å². The molecule has 0 aliphatic rings. The first kappa shape index (κ1) is 14.9. The number of carbonyl (C=O) groups is 1. The molecule has 0 saturated carbocycles. The third-order valence-electron chi connectivity index (χ3n) is 2.53. The van der Waals surface area contributed by atoms with E-state index in [1.165, 1.54) is 0 Å². The van der Waals surface area contributed by atoms with Gasteiger partial charge in [0, 0.05) is 24.2 Å². The first-order valence-electron chi connectivity index (χ1n) is 5.50. The van der Waals surface area contributed by atoms with Crippen LogP contribution in [0.4, 0.5) is 5.69 Å². The summed E-state index contributed by atoms with van der Waals surface area (Å²) in [6.45, 7) is 0. The van der Waals surface area contributed by atoms with Crippen LogP contribution in [-0.4, -0.2) is 12.2 Å². The Morgan fingerprint density at radius 3 is 2.47 bits per heavy atom. The lowest BCUT2D eigenvalue weighted by Crippen LogP contribution is -2.11. The van der Waals surface area contributed by atoms with Crippen molar-refractivity contribution in [2.45, 2.75) is 4.90 Å². The zero-order chi connectivity index (χ0) is 13.8. The van der Waals surface area contributed by atoms with Crippen molar-refractivity contribution in [1.82, 2.24) is 0 Å². The van der Waals surface area contributed by atoms with Gasteiger partial charge in [0.1, 0.15) is 0 Å². The van der Waals surface area contributed by atoms with E-state index >= 15 is 0 Å². The fourth-order valence-electron chi connectivity index (χ4n) is 1.52. The number of carbonyl (C=O) groups excluding carboxylic acids is 1. The molecular weight excluding hydrogens is 437 g/mol. The monoisotopic (exact) mass is 447 g/mol. The van der Waals surface area contributed by atoms with Crippen molar-refractivity contribution < 1.29 is 4.79 Å². The number of amides is 1. The van der Waals surface area contributed by atoms with Gasteiger partial charge in [0.15, 0.2) is 0 Å². The fraction of sp³-hybridized carbons (Fsp3) is 0.0714. The quantitative estimate of drug-likeness (QED) is 0.528. The van der Waals surface area contributed by atoms with Crippen LogP contribution in [0, 0.1) is 3.57 Å². The second kappa shape index (κ2) is 6.76. The number of nitrogens with one attached hydrogen (secondary N) is 1. The van der Waals surface area contributed by atoms with E-state index < -0.39 is 0 Å². The van der Waals surface area contributed by atoms with Crippen molar-refractivity contribution in [1.29, 1.82) is 0 Å². The van der Waals surface area contributed by atoms with E-state index in [0.29, 0.717) is 5.56 Å². The van der Waals surface area contributed by atoms with Gasteiger partial charge in [-0.25, -0.2) is 0 Å². The molecule has 2 rings (SSSR count). The van der Waals surface area contributed by atoms with Crippen molar-refractivity contribution in [3.05, 3.63) is 56.1 Å². The van der Waals surface area contributed by atoms with Crippen molar-refractivity contribution in [3.8, 4) is 0 Å². The van der Waals surface area contributed by atoms with Gasteiger partial charge < -0.3 is 5.32 Å². The lowest BCUT2D eigenvalue weighted by atomic mass is 10.2. The van der Waals surface area contributed by atoms with Gasteiger partial charge in [-0.2, -0.15) is 0 Å². The summed E-state index contributed by atoms with van der Waals surface area (Å²) in [5.74, 6) is -0.0965. The van der Waals surface area contributed by atoms with E-state index in [4.69, 9.17) is 0 Å². The van der Waals surface area contributed by atoms with Crippen LogP contribution in [0.2, 0.25) is 0 Å². The minimum absolute atomic E-state index is 0.0965. The number of hydrogen-bond acceptors (Lipinski definition) is 2. The molecule has 0 aromatic heterocycles. The molecule has 2 aromatic carbocycles. The highest BCUT2D eigenvalue weighted by atomic mass is 127. The lowest BCUT2D eigenvalue weighted by molar-refractivity contribution is 0.102. The molecule has 0 spiro atoms. The van der Waals surface area contributed by atoms with E-state index in [2.05, 4.69) is 43.8 Å². The molecular formula is C14H11BrINOS. The van der Waals surface area contributed by atoms with Gasteiger partial charge in [0.2, 0.25) is 0 Å². The Morgan fingerprint density at radius 1 is 1.21 bits per heavy atom. The van der Waals surface area contributed by atoms with Crippen LogP contribution < -0.4 is 5.32 Å². The fourth-order valence-corrected chi connectivity index (χ4v) is 2.64. The molecule has 0 radical (unpaired) electrons. The molecule has 0 atom stereocenters. The van der Waals surface area contributed by atoms with Crippen molar-refractivity contribution in [2.75, 3.05) is 11.6 Å². The SMILES string of the molecule is CSc1ccc(C(=O)Nc2ccc(I)c(Br)c2)cc1. The van der Waals surface area contributed by atoms with Gasteiger partial charge in [-0.1, -0.05) is 0 Å². The molecule has 0 aliphatic carbocycles. The Balaban J connectivity index is 2.13. The third kappa shape index (κ3) is 3.97. The van der Waals surface area contributed by atoms with Crippen LogP contribution in [0.1, 0.15) is 10.4 Å². The van der Waals surface area contributed by atoms with Crippen LogP contribution in [0.15, 0.2) is 51.8 Å². The van der Waals surface area contributed by atoms with Gasteiger partial charge in [0.05, 0.1) is 0 Å². The molecule has 0 saturated heterocycles. The number of hydrogen-bond donors (Lipinski definition) is 1. The van der Waals surface area contributed by atoms with Crippen LogP contribution in [-0.2, 0) is 0 Å². The molecule has 1 amide bonds. The second-order valence-electron chi connectivity index (χ2n) is 3.81. The number of thioether (sulfide) groups is 1. The zero-order valence-corrected chi connectivity index (χ0v) is 14.7. The molecule has 0 bridgehead atoms.